The Hall–Kier alpha value is -2.01. The number of phenols is 1. The molecule has 0 fully saturated rings. The van der Waals surface area contributed by atoms with Crippen LogP contribution in [-0.2, 0) is 17.0 Å². The normalized spacial score (nSPS) is 16.1. The number of hydrogen-bond acceptors (Lipinski definition) is 4. The summed E-state index contributed by atoms with van der Waals surface area (Å²) in [6.07, 6.45) is 3.97. The molecule has 0 saturated carbocycles. The van der Waals surface area contributed by atoms with Gasteiger partial charge in [-0.05, 0) is 42.2 Å². The van der Waals surface area contributed by atoms with Crippen LogP contribution in [0.1, 0.15) is 35.7 Å². The maximum Gasteiger partial charge on any atom is 0.221 e. The second kappa shape index (κ2) is 7.51. The Balaban J connectivity index is 1.43. The third-order valence-electron chi connectivity index (χ3n) is 4.03. The van der Waals surface area contributed by atoms with E-state index in [4.69, 9.17) is 0 Å². The van der Waals surface area contributed by atoms with Crippen molar-refractivity contribution < 1.29 is 9.90 Å². The highest BCUT2D eigenvalue weighted by atomic mass is 32.2. The van der Waals surface area contributed by atoms with Crippen LogP contribution in [0.3, 0.4) is 0 Å². The number of amides is 1. The van der Waals surface area contributed by atoms with Gasteiger partial charge in [0, 0.05) is 24.1 Å². The minimum atomic E-state index is 0.0328. The fraction of sp³-hybridized carbons (Fsp3) is 0.333. The highest BCUT2D eigenvalue weighted by Crippen LogP contribution is 2.36. The van der Waals surface area contributed by atoms with Gasteiger partial charge in [0.1, 0.15) is 5.75 Å². The summed E-state index contributed by atoms with van der Waals surface area (Å²) in [4.78, 5) is 16.4. The lowest BCUT2D eigenvalue weighted by Gasteiger charge is -2.14. The van der Waals surface area contributed by atoms with Crippen LogP contribution in [0.4, 0.5) is 0 Å². The van der Waals surface area contributed by atoms with E-state index in [1.54, 1.807) is 24.0 Å². The van der Waals surface area contributed by atoms with E-state index in [0.717, 1.165) is 41.2 Å². The molecule has 3 rings (SSSR count). The lowest BCUT2D eigenvalue weighted by molar-refractivity contribution is -0.121. The highest BCUT2D eigenvalue weighted by Gasteiger charge is 2.25. The predicted molar refractivity (Wildman–Crippen MR) is 92.3 cm³/mol. The molecule has 2 N–H and O–H groups in total. The fourth-order valence-electron chi connectivity index (χ4n) is 2.88. The van der Waals surface area contributed by atoms with E-state index in [-0.39, 0.29) is 11.9 Å². The summed E-state index contributed by atoms with van der Waals surface area (Å²) in [5, 5.41) is 12.9. The van der Waals surface area contributed by atoms with Gasteiger partial charge in [-0.1, -0.05) is 18.2 Å². The minimum Gasteiger partial charge on any atom is -0.508 e. The number of fused-ring (bicyclic) bond motifs is 1. The maximum absolute atomic E-state index is 12.1. The molecule has 0 radical (unpaired) electrons. The number of hydrogen-bond donors (Lipinski definition) is 2. The van der Waals surface area contributed by atoms with Gasteiger partial charge < -0.3 is 10.4 Å². The van der Waals surface area contributed by atoms with Crippen molar-refractivity contribution in [3.8, 4) is 5.75 Å². The molecule has 1 atom stereocenters. The Morgan fingerprint density at radius 3 is 3.04 bits per heavy atom. The number of pyridine rings is 1. The third-order valence-corrected chi connectivity index (χ3v) is 5.02. The molecule has 0 unspecified atom stereocenters. The Morgan fingerprint density at radius 2 is 2.22 bits per heavy atom. The van der Waals surface area contributed by atoms with Crippen LogP contribution >= 0.6 is 11.8 Å². The molecule has 0 bridgehead atoms. The van der Waals surface area contributed by atoms with Crippen LogP contribution in [0.5, 0.6) is 5.75 Å². The van der Waals surface area contributed by atoms with Crippen molar-refractivity contribution >= 4 is 17.7 Å². The molecule has 2 aromatic rings. The molecule has 120 valence electrons. The number of benzene rings is 1. The van der Waals surface area contributed by atoms with Crippen molar-refractivity contribution in [1.29, 1.82) is 0 Å². The zero-order valence-corrected chi connectivity index (χ0v) is 13.7. The lowest BCUT2D eigenvalue weighted by atomic mass is 10.1. The standard InChI is InChI=1S/C18H20N2O2S/c21-17-6-3-5-14-15(17)7-8-16(14)20-18(22)9-11-23-12-13-4-1-2-10-19-13/h1-6,10,16,21H,7-9,11-12H2,(H,20,22)/t16-/m1/s1. The van der Waals surface area contributed by atoms with Crippen LogP contribution in [0.15, 0.2) is 42.6 Å². The zero-order valence-electron chi connectivity index (χ0n) is 12.9. The summed E-state index contributed by atoms with van der Waals surface area (Å²) in [6, 6.07) is 11.4. The van der Waals surface area contributed by atoms with Crippen LogP contribution in [-0.4, -0.2) is 21.8 Å². The molecule has 23 heavy (non-hydrogen) atoms. The largest absolute Gasteiger partial charge is 0.508 e. The van der Waals surface area contributed by atoms with Crippen LogP contribution in [0, 0.1) is 0 Å². The molecule has 1 aliphatic rings. The fourth-order valence-corrected chi connectivity index (χ4v) is 3.73. The second-order valence-corrected chi connectivity index (χ2v) is 6.73. The Kier molecular flexibility index (Phi) is 5.18. The summed E-state index contributed by atoms with van der Waals surface area (Å²) in [5.74, 6) is 2.01. The quantitative estimate of drug-likeness (QED) is 0.799. The molecule has 1 aliphatic carbocycles. The molecule has 5 heteroatoms. The molecular weight excluding hydrogens is 308 g/mol. The van der Waals surface area contributed by atoms with Crippen molar-refractivity contribution in [2.75, 3.05) is 5.75 Å². The van der Waals surface area contributed by atoms with Crippen molar-refractivity contribution in [2.45, 2.75) is 31.1 Å². The summed E-state index contributed by atoms with van der Waals surface area (Å²) in [7, 11) is 0. The monoisotopic (exact) mass is 328 g/mol. The average Bonchev–Trinajstić information content (AvgIpc) is 2.97. The number of nitrogens with one attached hydrogen (secondary N) is 1. The number of carbonyl (C=O) groups excluding carboxylic acids is 1. The van der Waals surface area contributed by atoms with E-state index in [1.165, 1.54) is 0 Å². The van der Waals surface area contributed by atoms with Crippen molar-refractivity contribution in [1.82, 2.24) is 10.3 Å². The Bertz CT molecular complexity index is 676. The van der Waals surface area contributed by atoms with Crippen molar-refractivity contribution in [2.24, 2.45) is 0 Å². The lowest BCUT2D eigenvalue weighted by Crippen LogP contribution is -2.27. The number of aromatic nitrogens is 1. The number of rotatable bonds is 6. The molecule has 1 heterocycles. The molecule has 1 aromatic heterocycles. The summed E-state index contributed by atoms with van der Waals surface area (Å²) in [6.45, 7) is 0. The summed E-state index contributed by atoms with van der Waals surface area (Å²) < 4.78 is 0. The number of carbonyl (C=O) groups is 1. The first-order chi connectivity index (χ1) is 11.2. The SMILES string of the molecule is O=C(CCSCc1ccccn1)N[C@@H]1CCc2c(O)cccc21. The summed E-state index contributed by atoms with van der Waals surface area (Å²) in [5.41, 5.74) is 3.07. The van der Waals surface area contributed by atoms with E-state index in [9.17, 15) is 9.90 Å². The van der Waals surface area contributed by atoms with Gasteiger partial charge in [-0.3, -0.25) is 9.78 Å². The second-order valence-electron chi connectivity index (χ2n) is 5.63. The number of phenolic OH excluding ortho intramolecular Hbond substituents is 1. The average molecular weight is 328 g/mol. The first-order valence-corrected chi connectivity index (χ1v) is 8.97. The maximum atomic E-state index is 12.1. The van der Waals surface area contributed by atoms with Gasteiger partial charge in [-0.15, -0.1) is 0 Å². The van der Waals surface area contributed by atoms with E-state index >= 15 is 0 Å². The van der Waals surface area contributed by atoms with Crippen LogP contribution in [0.25, 0.3) is 0 Å². The van der Waals surface area contributed by atoms with Gasteiger partial charge in [0.15, 0.2) is 0 Å². The third kappa shape index (κ3) is 4.05. The number of nitrogens with zero attached hydrogens (tertiary/aromatic N) is 1. The van der Waals surface area contributed by atoms with Crippen LogP contribution < -0.4 is 5.32 Å². The smallest absolute Gasteiger partial charge is 0.221 e. The molecular formula is C18H20N2O2S. The molecule has 4 nitrogen and oxygen atoms in total. The van der Waals surface area contributed by atoms with Gasteiger partial charge >= 0.3 is 0 Å². The molecule has 1 aromatic carbocycles. The topological polar surface area (TPSA) is 62.2 Å². The van der Waals surface area contributed by atoms with Gasteiger partial charge in [-0.2, -0.15) is 11.8 Å². The van der Waals surface area contributed by atoms with Gasteiger partial charge in [-0.25, -0.2) is 0 Å². The van der Waals surface area contributed by atoms with Crippen molar-refractivity contribution in [3.63, 3.8) is 0 Å². The van der Waals surface area contributed by atoms with Crippen molar-refractivity contribution in [3.05, 3.63) is 59.4 Å². The Labute approximate surface area is 140 Å². The minimum absolute atomic E-state index is 0.0328. The Morgan fingerprint density at radius 1 is 1.30 bits per heavy atom. The van der Waals surface area contributed by atoms with Gasteiger partial charge in [0.2, 0.25) is 5.91 Å². The van der Waals surface area contributed by atoms with Gasteiger partial charge in [0.05, 0.1) is 11.7 Å². The van der Waals surface area contributed by atoms with E-state index in [0.29, 0.717) is 12.2 Å². The van der Waals surface area contributed by atoms with Gasteiger partial charge in [0.25, 0.3) is 0 Å². The molecule has 0 aliphatic heterocycles. The zero-order chi connectivity index (χ0) is 16.1. The molecule has 0 spiro atoms. The molecule has 0 saturated heterocycles. The first-order valence-electron chi connectivity index (χ1n) is 7.82. The first kappa shape index (κ1) is 15.9. The van der Waals surface area contributed by atoms with Crippen LogP contribution in [0.2, 0.25) is 0 Å². The van der Waals surface area contributed by atoms with E-state index < -0.39 is 0 Å². The highest BCUT2D eigenvalue weighted by molar-refractivity contribution is 7.98. The summed E-state index contributed by atoms with van der Waals surface area (Å²) >= 11 is 1.72. The molecule has 1 amide bonds. The number of aromatic hydroxyl groups is 1. The van der Waals surface area contributed by atoms with E-state index in [2.05, 4.69) is 10.3 Å². The van der Waals surface area contributed by atoms with E-state index in [1.807, 2.05) is 30.3 Å². The predicted octanol–water partition coefficient (Wildman–Crippen LogP) is 3.21. The number of thioether (sulfide) groups is 1.